The molecule has 1 heterocycles. The number of amides is 2. The van der Waals surface area contributed by atoms with E-state index in [4.69, 9.17) is 0 Å². The first-order valence-electron chi connectivity index (χ1n) is 7.25. The zero-order valence-electron chi connectivity index (χ0n) is 14.3. The van der Waals surface area contributed by atoms with Crippen LogP contribution in [0.15, 0.2) is 5.16 Å². The van der Waals surface area contributed by atoms with Gasteiger partial charge in [-0.05, 0) is 13.3 Å². The minimum atomic E-state index is -0.335. The highest BCUT2D eigenvalue weighted by Gasteiger charge is 2.25. The van der Waals surface area contributed by atoms with Gasteiger partial charge >= 0.3 is 6.03 Å². The predicted molar refractivity (Wildman–Crippen MR) is 87.2 cm³/mol. The molecule has 124 valence electrons. The summed E-state index contributed by atoms with van der Waals surface area (Å²) in [6, 6.07) is -0.269. The summed E-state index contributed by atoms with van der Waals surface area (Å²) in [4.78, 5) is 31.7. The molecule has 0 saturated carbocycles. The van der Waals surface area contributed by atoms with Gasteiger partial charge in [0.05, 0.1) is 5.25 Å². The van der Waals surface area contributed by atoms with E-state index < -0.39 is 0 Å². The smallest absolute Gasteiger partial charge is 0.346 e. The van der Waals surface area contributed by atoms with Gasteiger partial charge in [0.2, 0.25) is 5.91 Å². The van der Waals surface area contributed by atoms with Crippen molar-refractivity contribution < 1.29 is 9.59 Å². The van der Waals surface area contributed by atoms with Crippen LogP contribution in [0.4, 0.5) is 4.79 Å². The fourth-order valence-electron chi connectivity index (χ4n) is 1.67. The summed E-state index contributed by atoms with van der Waals surface area (Å²) >= 11 is 1.25. The molecule has 0 spiro atoms. The number of carbonyl (C=O) groups excluding carboxylic acids is 2. The second-order valence-corrected chi connectivity index (χ2v) is 6.95. The third-order valence-electron chi connectivity index (χ3n) is 3.28. The van der Waals surface area contributed by atoms with E-state index in [0.717, 1.165) is 6.42 Å². The van der Waals surface area contributed by atoms with Gasteiger partial charge in [-0.25, -0.2) is 9.78 Å². The maximum atomic E-state index is 12.3. The van der Waals surface area contributed by atoms with E-state index in [1.54, 1.807) is 35.1 Å². The molecule has 2 amide bonds. The molecule has 0 fully saturated rings. The summed E-state index contributed by atoms with van der Waals surface area (Å²) in [6.07, 6.45) is 0.885. The van der Waals surface area contributed by atoms with Crippen molar-refractivity contribution in [2.45, 2.75) is 43.5 Å². The molecule has 1 aromatic rings. The van der Waals surface area contributed by atoms with Crippen molar-refractivity contribution >= 4 is 23.7 Å². The molecule has 0 aromatic carbocycles. The van der Waals surface area contributed by atoms with Crippen LogP contribution in [0.25, 0.3) is 0 Å². The lowest BCUT2D eigenvalue weighted by Gasteiger charge is -2.16. The number of aromatic nitrogens is 3. The van der Waals surface area contributed by atoms with E-state index in [1.165, 1.54) is 26.2 Å². The van der Waals surface area contributed by atoms with Crippen molar-refractivity contribution in [3.05, 3.63) is 5.82 Å². The summed E-state index contributed by atoms with van der Waals surface area (Å²) in [7, 11) is 6.74. The minimum absolute atomic E-state index is 0.0260. The van der Waals surface area contributed by atoms with Gasteiger partial charge < -0.3 is 9.80 Å². The molecular formula is C14H25N5O2S. The van der Waals surface area contributed by atoms with E-state index in [9.17, 15) is 9.59 Å². The van der Waals surface area contributed by atoms with Crippen LogP contribution >= 0.6 is 11.8 Å². The molecule has 0 aliphatic carbocycles. The van der Waals surface area contributed by atoms with Gasteiger partial charge in [0.1, 0.15) is 0 Å². The lowest BCUT2D eigenvalue weighted by atomic mass is 10.1. The molecular weight excluding hydrogens is 302 g/mol. The van der Waals surface area contributed by atoms with Gasteiger partial charge in [0.25, 0.3) is 0 Å². The normalized spacial score (nSPS) is 13.6. The van der Waals surface area contributed by atoms with Crippen LogP contribution in [-0.4, -0.2) is 69.9 Å². The second kappa shape index (κ2) is 7.62. The molecule has 0 aliphatic rings. The zero-order valence-corrected chi connectivity index (χ0v) is 15.1. The Bertz CT molecular complexity index is 541. The SMILES string of the molecule is CCC(C)c1nc(SC(C)C(=O)N(C)C)n(C(=O)N(C)C)n1. The van der Waals surface area contributed by atoms with E-state index in [-0.39, 0.29) is 23.1 Å². The molecule has 22 heavy (non-hydrogen) atoms. The van der Waals surface area contributed by atoms with Crippen molar-refractivity contribution in [1.29, 1.82) is 0 Å². The summed E-state index contributed by atoms with van der Waals surface area (Å²) in [5.74, 6) is 0.766. The number of carbonyl (C=O) groups is 2. The van der Waals surface area contributed by atoms with Crippen LogP contribution in [0, 0.1) is 0 Å². The zero-order chi connectivity index (χ0) is 17.0. The van der Waals surface area contributed by atoms with Gasteiger partial charge in [-0.15, -0.1) is 5.10 Å². The average Bonchev–Trinajstić information content (AvgIpc) is 2.87. The van der Waals surface area contributed by atoms with Crippen molar-refractivity contribution in [3.8, 4) is 0 Å². The first-order valence-corrected chi connectivity index (χ1v) is 8.13. The van der Waals surface area contributed by atoms with Crippen LogP contribution in [0.1, 0.15) is 38.9 Å². The highest BCUT2D eigenvalue weighted by molar-refractivity contribution is 8.00. The van der Waals surface area contributed by atoms with E-state index in [1.807, 2.05) is 13.8 Å². The fraction of sp³-hybridized carbons (Fsp3) is 0.714. The quantitative estimate of drug-likeness (QED) is 0.772. The molecule has 0 radical (unpaired) electrons. The third-order valence-corrected chi connectivity index (χ3v) is 4.31. The maximum Gasteiger partial charge on any atom is 0.346 e. The van der Waals surface area contributed by atoms with Crippen LogP contribution in [0.2, 0.25) is 0 Å². The van der Waals surface area contributed by atoms with Crippen LogP contribution in [0.5, 0.6) is 0 Å². The molecule has 8 heteroatoms. The summed E-state index contributed by atoms with van der Waals surface area (Å²) in [5.41, 5.74) is 0. The highest BCUT2D eigenvalue weighted by Crippen LogP contribution is 2.25. The molecule has 2 atom stereocenters. The van der Waals surface area contributed by atoms with Gasteiger partial charge in [0.15, 0.2) is 11.0 Å². The first kappa shape index (κ1) is 18.5. The number of thioether (sulfide) groups is 1. The molecule has 0 saturated heterocycles. The first-order chi connectivity index (χ1) is 10.2. The third kappa shape index (κ3) is 4.22. The highest BCUT2D eigenvalue weighted by atomic mass is 32.2. The number of nitrogens with zero attached hydrogens (tertiary/aromatic N) is 5. The lowest BCUT2D eigenvalue weighted by molar-refractivity contribution is -0.127. The Morgan fingerprint density at radius 2 is 1.77 bits per heavy atom. The average molecular weight is 327 g/mol. The van der Waals surface area contributed by atoms with Crippen molar-refractivity contribution in [2.75, 3.05) is 28.2 Å². The van der Waals surface area contributed by atoms with Gasteiger partial charge in [0, 0.05) is 34.1 Å². The topological polar surface area (TPSA) is 71.3 Å². The minimum Gasteiger partial charge on any atom is -0.348 e. The molecule has 1 aromatic heterocycles. The van der Waals surface area contributed by atoms with Crippen molar-refractivity contribution in [3.63, 3.8) is 0 Å². The molecule has 2 unspecified atom stereocenters. The molecule has 7 nitrogen and oxygen atoms in total. The van der Waals surface area contributed by atoms with E-state index in [0.29, 0.717) is 11.0 Å². The summed E-state index contributed by atoms with van der Waals surface area (Å²) < 4.78 is 1.28. The lowest BCUT2D eigenvalue weighted by Crippen LogP contribution is -2.31. The van der Waals surface area contributed by atoms with Gasteiger partial charge in [-0.1, -0.05) is 25.6 Å². The Morgan fingerprint density at radius 3 is 2.23 bits per heavy atom. The molecule has 0 aliphatic heterocycles. The number of hydrogen-bond acceptors (Lipinski definition) is 5. The molecule has 0 N–H and O–H groups in total. The maximum absolute atomic E-state index is 12.3. The molecule has 0 bridgehead atoms. The van der Waals surface area contributed by atoms with E-state index in [2.05, 4.69) is 10.1 Å². The Labute approximate surface area is 136 Å². The van der Waals surface area contributed by atoms with Crippen LogP contribution in [0.3, 0.4) is 0 Å². The van der Waals surface area contributed by atoms with Crippen molar-refractivity contribution in [1.82, 2.24) is 24.6 Å². The Kier molecular flexibility index (Phi) is 6.40. The van der Waals surface area contributed by atoms with Gasteiger partial charge in [-0.3, -0.25) is 4.79 Å². The number of rotatable bonds is 5. The second-order valence-electron chi connectivity index (χ2n) is 5.64. The summed E-state index contributed by atoms with van der Waals surface area (Å²) in [6.45, 7) is 5.86. The Balaban J connectivity index is 3.13. The predicted octanol–water partition coefficient (Wildman–Crippen LogP) is 1.89. The Hall–Kier alpha value is -1.57. The fourth-order valence-corrected chi connectivity index (χ4v) is 2.66. The number of hydrogen-bond donors (Lipinski definition) is 0. The van der Waals surface area contributed by atoms with Crippen LogP contribution < -0.4 is 0 Å². The van der Waals surface area contributed by atoms with Gasteiger partial charge in [-0.2, -0.15) is 4.68 Å². The Morgan fingerprint density at radius 1 is 1.18 bits per heavy atom. The monoisotopic (exact) mass is 327 g/mol. The summed E-state index contributed by atoms with van der Waals surface area (Å²) in [5, 5.41) is 4.45. The molecule has 1 rings (SSSR count). The largest absolute Gasteiger partial charge is 0.348 e. The van der Waals surface area contributed by atoms with Crippen molar-refractivity contribution in [2.24, 2.45) is 0 Å². The van der Waals surface area contributed by atoms with E-state index >= 15 is 0 Å². The van der Waals surface area contributed by atoms with Crippen LogP contribution in [-0.2, 0) is 4.79 Å². The standard InChI is InChI=1S/C14H25N5O2S/c1-8-9(2)11-15-13(19(16-11)14(21)18(6)7)22-10(3)12(20)17(4)5/h9-10H,8H2,1-7H3.